The minimum atomic E-state index is -0.629. The molecule has 0 bridgehead atoms. The minimum Gasteiger partial charge on any atom is -0.670 e. The first kappa shape index (κ1) is 29.6. The van der Waals surface area contributed by atoms with E-state index in [0.29, 0.717) is 42.1 Å². The quantitative estimate of drug-likeness (QED) is 0.175. The predicted octanol–water partition coefficient (Wildman–Crippen LogP) is 5.70. The van der Waals surface area contributed by atoms with Gasteiger partial charge in [0.25, 0.3) is 0 Å². The van der Waals surface area contributed by atoms with E-state index in [1.54, 1.807) is 12.4 Å². The molecule has 3 aliphatic rings. The van der Waals surface area contributed by atoms with E-state index in [0.717, 1.165) is 36.8 Å². The fraction of sp³-hybridized carbons (Fsp3) is 0.486. The fourth-order valence-corrected chi connectivity index (χ4v) is 7.74. The van der Waals surface area contributed by atoms with Gasteiger partial charge in [0.2, 0.25) is 5.75 Å². The first-order valence-electron chi connectivity index (χ1n) is 15.4. The summed E-state index contributed by atoms with van der Waals surface area (Å²) < 4.78 is 12.4. The Kier molecular flexibility index (Phi) is 8.45. The zero-order valence-electron chi connectivity index (χ0n) is 24.8. The van der Waals surface area contributed by atoms with Gasteiger partial charge in [0.15, 0.2) is 11.5 Å². The van der Waals surface area contributed by atoms with Crippen LogP contribution in [0.4, 0.5) is 0 Å². The topological polar surface area (TPSA) is 134 Å². The van der Waals surface area contributed by atoms with Gasteiger partial charge in [-0.1, -0.05) is 42.8 Å². The van der Waals surface area contributed by atoms with E-state index < -0.39 is 30.3 Å². The highest BCUT2D eigenvalue weighted by Crippen LogP contribution is 2.52. The van der Waals surface area contributed by atoms with Crippen molar-refractivity contribution in [2.24, 2.45) is 11.8 Å². The summed E-state index contributed by atoms with van der Waals surface area (Å²) in [5.74, 6) is 0.522. The number of fused-ring (bicyclic) bond motifs is 1. The minimum absolute atomic E-state index is 0.0286. The molecule has 8 heteroatoms. The van der Waals surface area contributed by atoms with E-state index in [-0.39, 0.29) is 35.2 Å². The number of aliphatic hydroxyl groups is 2. The van der Waals surface area contributed by atoms with Gasteiger partial charge in [0.05, 0.1) is 32.0 Å². The maximum Gasteiger partial charge on any atom is 0.201 e. The van der Waals surface area contributed by atoms with Gasteiger partial charge in [-0.05, 0) is 67.6 Å². The van der Waals surface area contributed by atoms with E-state index in [2.05, 4.69) is 30.1 Å². The molecule has 1 saturated heterocycles. The van der Waals surface area contributed by atoms with Crippen LogP contribution in [0.25, 0.3) is 0 Å². The van der Waals surface area contributed by atoms with Gasteiger partial charge in [-0.3, -0.25) is 0 Å². The van der Waals surface area contributed by atoms with E-state index in [9.17, 15) is 25.5 Å². The van der Waals surface area contributed by atoms with Crippen LogP contribution in [0.1, 0.15) is 96.8 Å². The number of phenols is 3. The zero-order valence-corrected chi connectivity index (χ0v) is 24.8. The number of ether oxygens (including phenoxy) is 2. The van der Waals surface area contributed by atoms with E-state index >= 15 is 0 Å². The molecular weight excluding hydrogens is 546 g/mol. The summed E-state index contributed by atoms with van der Waals surface area (Å²) in [4.78, 5) is 4.15. The highest BCUT2D eigenvalue weighted by Gasteiger charge is 2.44. The molecule has 2 fully saturated rings. The average molecular weight is 589 g/mol. The largest absolute Gasteiger partial charge is 0.670 e. The molecule has 8 nitrogen and oxygen atoms in total. The first-order valence-corrected chi connectivity index (χ1v) is 15.4. The number of aromatic nitrogens is 1. The fourth-order valence-electron chi connectivity index (χ4n) is 7.74. The lowest BCUT2D eigenvalue weighted by molar-refractivity contribution is -0.154. The molecule has 7 unspecified atom stereocenters. The van der Waals surface area contributed by atoms with Crippen molar-refractivity contribution < 1.29 is 35.0 Å². The summed E-state index contributed by atoms with van der Waals surface area (Å²) in [6.45, 7) is 1.73. The number of rotatable bonds is 7. The number of aromatic hydroxyl groups is 3. The second-order valence-electron chi connectivity index (χ2n) is 12.7. The van der Waals surface area contributed by atoms with Crippen molar-refractivity contribution in [1.29, 1.82) is 0 Å². The molecule has 6 rings (SSSR count). The van der Waals surface area contributed by atoms with Crippen LogP contribution in [0.5, 0.6) is 23.0 Å². The zero-order chi connectivity index (χ0) is 30.2. The lowest BCUT2D eigenvalue weighted by atomic mass is 9.71. The van der Waals surface area contributed by atoms with Gasteiger partial charge in [0.1, 0.15) is 5.75 Å². The van der Waals surface area contributed by atoms with Crippen molar-refractivity contribution in [3.63, 3.8) is 0 Å². The SMILES string of the molecule is COc1c(O)c(O)c(CO)c(C2CC(O)C3CCC(c4ccc(O)c(C5C=CCC(C)C5)c4)CC3O2)c1Cc1cc[n-]c1. The number of methoxy groups -OCH3 is 1. The summed E-state index contributed by atoms with van der Waals surface area (Å²) in [6, 6.07) is 7.84. The monoisotopic (exact) mass is 588 g/mol. The van der Waals surface area contributed by atoms with Gasteiger partial charge in [-0.2, -0.15) is 12.4 Å². The Morgan fingerprint density at radius 3 is 2.58 bits per heavy atom. The Balaban J connectivity index is 1.32. The molecule has 2 aromatic carbocycles. The summed E-state index contributed by atoms with van der Waals surface area (Å²) in [5.41, 5.74) is 4.33. The number of benzene rings is 2. The molecular formula is C35H42NO7-. The van der Waals surface area contributed by atoms with Gasteiger partial charge >= 0.3 is 0 Å². The van der Waals surface area contributed by atoms with Gasteiger partial charge in [0, 0.05) is 34.9 Å². The van der Waals surface area contributed by atoms with Crippen LogP contribution in [-0.4, -0.2) is 44.9 Å². The van der Waals surface area contributed by atoms with Crippen molar-refractivity contribution in [3.05, 3.63) is 82.2 Å². The highest BCUT2D eigenvalue weighted by atomic mass is 16.5. The second-order valence-corrected chi connectivity index (χ2v) is 12.7. The van der Waals surface area contributed by atoms with Crippen molar-refractivity contribution >= 4 is 0 Å². The number of nitrogens with zero attached hydrogens (tertiary/aromatic N) is 1. The molecule has 1 aliphatic heterocycles. The molecule has 1 aromatic heterocycles. The Hall–Kier alpha value is -3.46. The Bertz CT molecular complexity index is 1470. The first-order chi connectivity index (χ1) is 20.8. The molecule has 43 heavy (non-hydrogen) atoms. The summed E-state index contributed by atoms with van der Waals surface area (Å²) >= 11 is 0. The number of aliphatic hydroxyl groups excluding tert-OH is 2. The van der Waals surface area contributed by atoms with Gasteiger partial charge in [-0.15, -0.1) is 0 Å². The van der Waals surface area contributed by atoms with Gasteiger partial charge in [-0.25, -0.2) is 0 Å². The maximum atomic E-state index is 11.4. The molecule has 7 atom stereocenters. The highest BCUT2D eigenvalue weighted by molar-refractivity contribution is 5.64. The summed E-state index contributed by atoms with van der Waals surface area (Å²) in [5, 5.41) is 54.2. The Morgan fingerprint density at radius 1 is 1.02 bits per heavy atom. The molecule has 5 N–H and O–H groups in total. The third kappa shape index (κ3) is 5.64. The third-order valence-corrected chi connectivity index (χ3v) is 9.95. The molecule has 3 aromatic rings. The summed E-state index contributed by atoms with van der Waals surface area (Å²) in [7, 11) is 1.43. The van der Waals surface area contributed by atoms with Crippen molar-refractivity contribution in [2.75, 3.05) is 7.11 Å². The lowest BCUT2D eigenvalue weighted by Crippen LogP contribution is -2.44. The number of hydrogen-bond donors (Lipinski definition) is 5. The smallest absolute Gasteiger partial charge is 0.201 e. The van der Waals surface area contributed by atoms with Crippen LogP contribution in [0.15, 0.2) is 48.8 Å². The van der Waals surface area contributed by atoms with Crippen LogP contribution in [0, 0.1) is 11.8 Å². The van der Waals surface area contributed by atoms with Gasteiger partial charge < -0.3 is 40.0 Å². The van der Waals surface area contributed by atoms with Crippen molar-refractivity contribution in [2.45, 2.75) is 88.6 Å². The standard InChI is InChI=1S/C35H42NO7/c1-19-4-3-5-23(12-19)25-14-21(7-9-28(25)38)22-6-8-24-29(39)16-31(43-30(24)15-22)32-26(13-20-10-11-36-17-20)35(42-2)34(41)33(40)27(32)18-37/h3,5,7,9-11,14,17,19,22-24,29-31,37-41H,4,6,8,12-13,15-16,18H2,1-2H3/q-1. The molecule has 2 aliphatic carbocycles. The Morgan fingerprint density at radius 2 is 1.86 bits per heavy atom. The molecule has 0 radical (unpaired) electrons. The van der Waals surface area contributed by atoms with Crippen LogP contribution < -0.4 is 9.72 Å². The third-order valence-electron chi connectivity index (χ3n) is 9.95. The molecule has 2 heterocycles. The van der Waals surface area contributed by atoms with Crippen molar-refractivity contribution in [1.82, 2.24) is 4.98 Å². The number of phenolic OH excluding ortho intramolecular Hbond substituents is 2. The van der Waals surface area contributed by atoms with E-state index in [1.807, 2.05) is 18.2 Å². The van der Waals surface area contributed by atoms with Crippen LogP contribution >= 0.6 is 0 Å². The van der Waals surface area contributed by atoms with E-state index in [1.165, 1.54) is 12.7 Å². The second kappa shape index (κ2) is 12.3. The number of allylic oxidation sites excluding steroid dienone is 2. The summed E-state index contributed by atoms with van der Waals surface area (Å²) in [6.07, 6.45) is 11.5. The van der Waals surface area contributed by atoms with Crippen LogP contribution in [0.3, 0.4) is 0 Å². The maximum absolute atomic E-state index is 11.4. The normalized spacial score (nSPS) is 28.9. The average Bonchev–Trinajstić information content (AvgIpc) is 3.52. The van der Waals surface area contributed by atoms with E-state index in [4.69, 9.17) is 9.47 Å². The molecule has 230 valence electrons. The molecule has 1 saturated carbocycles. The van der Waals surface area contributed by atoms with Crippen molar-refractivity contribution in [3.8, 4) is 23.0 Å². The Labute approximate surface area is 252 Å². The predicted molar refractivity (Wildman–Crippen MR) is 162 cm³/mol. The number of hydrogen-bond acceptors (Lipinski definition) is 7. The lowest BCUT2D eigenvalue weighted by Gasteiger charge is -2.45. The van der Waals surface area contributed by atoms with Crippen LogP contribution in [-0.2, 0) is 17.8 Å². The van der Waals surface area contributed by atoms with Crippen LogP contribution in [0.2, 0.25) is 0 Å². The molecule has 0 spiro atoms. The molecule has 0 amide bonds.